The smallest absolute Gasteiger partial charge is 0.410 e. The van der Waals surface area contributed by atoms with Crippen molar-refractivity contribution in [2.45, 2.75) is 58.6 Å². The number of halogens is 1. The molecule has 156 valence electrons. The molecular formula is C18H34IN5O3. The van der Waals surface area contributed by atoms with Gasteiger partial charge in [-0.25, -0.2) is 4.79 Å². The normalized spacial score (nSPS) is 17.9. The highest BCUT2D eigenvalue weighted by molar-refractivity contribution is 14.0. The molecule has 0 atom stereocenters. The number of nitrogens with one attached hydrogen (secondary N) is 2. The molecule has 8 nitrogen and oxygen atoms in total. The second kappa shape index (κ2) is 10.9. The average molecular weight is 495 g/mol. The molecule has 0 spiro atoms. The highest BCUT2D eigenvalue weighted by Gasteiger charge is 2.34. The van der Waals surface area contributed by atoms with Gasteiger partial charge in [0, 0.05) is 39.1 Å². The van der Waals surface area contributed by atoms with E-state index in [9.17, 15) is 9.59 Å². The maximum absolute atomic E-state index is 12.1. The molecule has 9 heteroatoms. The Morgan fingerprint density at radius 2 is 1.78 bits per heavy atom. The van der Waals surface area contributed by atoms with E-state index < -0.39 is 5.60 Å². The zero-order valence-electron chi connectivity index (χ0n) is 16.9. The molecule has 2 aliphatic heterocycles. The zero-order chi connectivity index (χ0) is 19.2. The second-order valence-corrected chi connectivity index (χ2v) is 7.83. The van der Waals surface area contributed by atoms with Crippen molar-refractivity contribution in [3.8, 4) is 0 Å². The van der Waals surface area contributed by atoms with Crippen LogP contribution in [0.25, 0.3) is 0 Å². The minimum atomic E-state index is -0.478. The third-order valence-corrected chi connectivity index (χ3v) is 4.27. The van der Waals surface area contributed by atoms with Crippen molar-refractivity contribution in [3.05, 3.63) is 0 Å². The van der Waals surface area contributed by atoms with Gasteiger partial charge in [-0.1, -0.05) is 0 Å². The number of nitrogens with zero attached hydrogens (tertiary/aromatic N) is 3. The van der Waals surface area contributed by atoms with Crippen LogP contribution in [0, 0.1) is 0 Å². The average Bonchev–Trinajstić information content (AvgIpc) is 3.02. The molecule has 27 heavy (non-hydrogen) atoms. The van der Waals surface area contributed by atoms with E-state index in [4.69, 9.17) is 4.74 Å². The predicted molar refractivity (Wildman–Crippen MR) is 117 cm³/mol. The van der Waals surface area contributed by atoms with Gasteiger partial charge in [0.1, 0.15) is 5.60 Å². The number of aliphatic imine (C=N–C) groups is 1. The monoisotopic (exact) mass is 495 g/mol. The van der Waals surface area contributed by atoms with Gasteiger partial charge in [0.05, 0.1) is 12.6 Å². The van der Waals surface area contributed by atoms with Gasteiger partial charge in [0.15, 0.2) is 5.96 Å². The fourth-order valence-corrected chi connectivity index (χ4v) is 2.95. The molecule has 0 radical (unpaired) electrons. The highest BCUT2D eigenvalue weighted by Crippen LogP contribution is 2.15. The lowest BCUT2D eigenvalue weighted by molar-refractivity contribution is -0.129. The van der Waals surface area contributed by atoms with Crippen molar-refractivity contribution >= 4 is 41.9 Å². The first kappa shape index (κ1) is 23.8. The highest BCUT2D eigenvalue weighted by atomic mass is 127. The predicted octanol–water partition coefficient (Wildman–Crippen LogP) is 1.79. The van der Waals surface area contributed by atoms with Crippen LogP contribution < -0.4 is 10.6 Å². The first-order valence-corrected chi connectivity index (χ1v) is 9.59. The van der Waals surface area contributed by atoms with Crippen LogP contribution in [0.3, 0.4) is 0 Å². The summed E-state index contributed by atoms with van der Waals surface area (Å²) in [7, 11) is 0. The van der Waals surface area contributed by atoms with Gasteiger partial charge in [-0.05, 0) is 40.5 Å². The van der Waals surface area contributed by atoms with Crippen LogP contribution >= 0.6 is 24.0 Å². The number of hydrogen-bond donors (Lipinski definition) is 2. The van der Waals surface area contributed by atoms with E-state index in [1.54, 1.807) is 4.90 Å². The van der Waals surface area contributed by atoms with Crippen molar-refractivity contribution in [2.75, 3.05) is 39.3 Å². The molecule has 2 aliphatic rings. The van der Waals surface area contributed by atoms with Crippen molar-refractivity contribution in [2.24, 2.45) is 4.99 Å². The number of likely N-dealkylation sites (tertiary alicyclic amines) is 2. The molecule has 2 N–H and O–H groups in total. The fraction of sp³-hybridized carbons (Fsp3) is 0.833. The summed E-state index contributed by atoms with van der Waals surface area (Å²) < 4.78 is 5.35. The first-order chi connectivity index (χ1) is 12.3. The number of rotatable bonds is 5. The molecule has 0 aliphatic carbocycles. The van der Waals surface area contributed by atoms with Gasteiger partial charge < -0.3 is 25.2 Å². The maximum atomic E-state index is 12.1. The van der Waals surface area contributed by atoms with E-state index in [0.717, 1.165) is 32.5 Å². The minimum absolute atomic E-state index is 0. The van der Waals surface area contributed by atoms with Crippen LogP contribution in [0.5, 0.6) is 0 Å². The Morgan fingerprint density at radius 1 is 1.15 bits per heavy atom. The summed E-state index contributed by atoms with van der Waals surface area (Å²) in [6, 6.07) is 0.148. The Kier molecular flexibility index (Phi) is 9.61. The van der Waals surface area contributed by atoms with Crippen molar-refractivity contribution in [1.29, 1.82) is 0 Å². The molecule has 2 saturated heterocycles. The van der Waals surface area contributed by atoms with Gasteiger partial charge in [0.2, 0.25) is 5.91 Å². The Hall–Kier alpha value is -1.26. The first-order valence-electron chi connectivity index (χ1n) is 9.59. The summed E-state index contributed by atoms with van der Waals surface area (Å²) in [5.74, 6) is 0.873. The lowest BCUT2D eigenvalue weighted by Gasteiger charge is -2.40. The van der Waals surface area contributed by atoms with Crippen LogP contribution in [-0.2, 0) is 9.53 Å². The van der Waals surface area contributed by atoms with Gasteiger partial charge in [0.25, 0.3) is 0 Å². The summed E-state index contributed by atoms with van der Waals surface area (Å²) in [5, 5.41) is 6.50. The third-order valence-electron chi connectivity index (χ3n) is 4.27. The van der Waals surface area contributed by atoms with Crippen molar-refractivity contribution in [3.63, 3.8) is 0 Å². The van der Waals surface area contributed by atoms with Crippen LogP contribution in [0.4, 0.5) is 4.79 Å². The molecular weight excluding hydrogens is 461 g/mol. The van der Waals surface area contributed by atoms with Gasteiger partial charge in [-0.3, -0.25) is 9.79 Å². The van der Waals surface area contributed by atoms with E-state index in [2.05, 4.69) is 15.6 Å². The van der Waals surface area contributed by atoms with Crippen LogP contribution in [0.15, 0.2) is 4.99 Å². The largest absolute Gasteiger partial charge is 0.444 e. The van der Waals surface area contributed by atoms with E-state index in [-0.39, 0.29) is 42.0 Å². The molecule has 2 rings (SSSR count). The Balaban J connectivity index is 0.00000364. The summed E-state index contributed by atoms with van der Waals surface area (Å²) in [6.07, 6.45) is 2.36. The van der Waals surface area contributed by atoms with Crippen LogP contribution in [0.1, 0.15) is 47.0 Å². The topological polar surface area (TPSA) is 86.3 Å². The van der Waals surface area contributed by atoms with E-state index in [1.807, 2.05) is 32.6 Å². The molecule has 2 amide bonds. The number of guanidine groups is 1. The molecule has 0 unspecified atom stereocenters. The minimum Gasteiger partial charge on any atom is -0.444 e. The molecule has 0 aromatic heterocycles. The number of carbonyl (C=O) groups is 2. The quantitative estimate of drug-likeness (QED) is 0.345. The van der Waals surface area contributed by atoms with Gasteiger partial charge in [-0.2, -0.15) is 0 Å². The maximum Gasteiger partial charge on any atom is 0.410 e. The Morgan fingerprint density at radius 3 is 2.33 bits per heavy atom. The standard InChI is InChI=1S/C18H33N5O3.HI/c1-5-19-16(20-9-8-15(24)22-10-6-7-11-22)21-14-12-23(13-14)17(25)26-18(2,3)4;/h14H,5-13H2,1-4H3,(H2,19,20,21);1H. The number of amides is 2. The molecule has 0 saturated carbocycles. The van der Waals surface area contributed by atoms with Crippen molar-refractivity contribution < 1.29 is 14.3 Å². The lowest BCUT2D eigenvalue weighted by Crippen LogP contribution is -2.63. The summed E-state index contributed by atoms with van der Waals surface area (Å²) in [4.78, 5) is 32.1. The van der Waals surface area contributed by atoms with Crippen molar-refractivity contribution in [1.82, 2.24) is 20.4 Å². The Labute approximate surface area is 179 Å². The lowest BCUT2D eigenvalue weighted by atomic mass is 10.1. The molecule has 0 aromatic rings. The van der Waals surface area contributed by atoms with Crippen LogP contribution in [0.2, 0.25) is 0 Å². The van der Waals surface area contributed by atoms with E-state index >= 15 is 0 Å². The molecule has 2 heterocycles. The second-order valence-electron chi connectivity index (χ2n) is 7.83. The summed E-state index contributed by atoms with van der Waals surface area (Å²) in [6.45, 7) is 11.7. The number of carbonyl (C=O) groups excluding carboxylic acids is 2. The third kappa shape index (κ3) is 8.10. The van der Waals surface area contributed by atoms with E-state index in [0.29, 0.717) is 32.0 Å². The van der Waals surface area contributed by atoms with E-state index in [1.165, 1.54) is 0 Å². The fourth-order valence-electron chi connectivity index (χ4n) is 2.95. The molecule has 0 aromatic carbocycles. The summed E-state index contributed by atoms with van der Waals surface area (Å²) in [5.41, 5.74) is -0.478. The van der Waals surface area contributed by atoms with Crippen LogP contribution in [-0.4, -0.2) is 78.7 Å². The Bertz CT molecular complexity index is 524. The number of hydrogen-bond acceptors (Lipinski definition) is 4. The summed E-state index contributed by atoms with van der Waals surface area (Å²) >= 11 is 0. The van der Waals surface area contributed by atoms with Gasteiger partial charge >= 0.3 is 6.09 Å². The van der Waals surface area contributed by atoms with Gasteiger partial charge in [-0.15, -0.1) is 24.0 Å². The zero-order valence-corrected chi connectivity index (χ0v) is 19.2. The SMILES string of the molecule is CCNC(=NCCC(=O)N1CCCC1)NC1CN(C(=O)OC(C)(C)C)C1.I. The molecule has 0 bridgehead atoms. The number of ether oxygens (including phenoxy) is 1. The molecule has 2 fully saturated rings.